The number of hydrogen-bond donors (Lipinski definition) is 0. The Balaban J connectivity index is 2.03. The standard InChI is InChI=1S/C12H14O3/c1-9(13)8-11-4-7-12(15-11)5-2-10(14)3-6-12/h2-3,5-6,11H,4,7-8H2,1H3/t11-/m0/s1. The third-order valence-corrected chi connectivity index (χ3v) is 2.82. The van der Waals surface area contributed by atoms with Crippen LogP contribution in [0.4, 0.5) is 0 Å². The summed E-state index contributed by atoms with van der Waals surface area (Å²) in [4.78, 5) is 21.9. The van der Waals surface area contributed by atoms with E-state index in [1.807, 2.05) is 0 Å². The van der Waals surface area contributed by atoms with Crippen LogP contribution in [-0.2, 0) is 14.3 Å². The summed E-state index contributed by atoms with van der Waals surface area (Å²) in [6, 6.07) is 0. The van der Waals surface area contributed by atoms with Crippen molar-refractivity contribution in [3.05, 3.63) is 24.3 Å². The molecule has 2 rings (SSSR count). The maximum atomic E-state index is 11.0. The van der Waals surface area contributed by atoms with Crippen LogP contribution in [0, 0.1) is 0 Å². The molecule has 0 amide bonds. The first kappa shape index (κ1) is 10.3. The quantitative estimate of drug-likeness (QED) is 0.689. The molecule has 0 N–H and O–H groups in total. The molecule has 80 valence electrons. The average molecular weight is 206 g/mol. The van der Waals surface area contributed by atoms with Gasteiger partial charge in [0.25, 0.3) is 0 Å². The van der Waals surface area contributed by atoms with Gasteiger partial charge in [-0.2, -0.15) is 0 Å². The van der Waals surface area contributed by atoms with Crippen LogP contribution in [-0.4, -0.2) is 23.3 Å². The lowest BCUT2D eigenvalue weighted by molar-refractivity contribution is -0.120. The second kappa shape index (κ2) is 3.74. The summed E-state index contributed by atoms with van der Waals surface area (Å²) < 4.78 is 5.80. The van der Waals surface area contributed by atoms with Crippen LogP contribution in [0.5, 0.6) is 0 Å². The van der Waals surface area contributed by atoms with Gasteiger partial charge in [0.1, 0.15) is 11.4 Å². The van der Waals surface area contributed by atoms with Crippen molar-refractivity contribution >= 4 is 11.6 Å². The Hall–Kier alpha value is -1.22. The maximum Gasteiger partial charge on any atom is 0.178 e. The Kier molecular flexibility index (Phi) is 2.57. The molecule has 3 heteroatoms. The van der Waals surface area contributed by atoms with E-state index >= 15 is 0 Å². The van der Waals surface area contributed by atoms with Gasteiger partial charge in [0, 0.05) is 6.42 Å². The highest BCUT2D eigenvalue weighted by Gasteiger charge is 2.37. The average Bonchev–Trinajstić information content (AvgIpc) is 2.54. The third-order valence-electron chi connectivity index (χ3n) is 2.82. The van der Waals surface area contributed by atoms with Gasteiger partial charge in [0.2, 0.25) is 0 Å². The van der Waals surface area contributed by atoms with Gasteiger partial charge < -0.3 is 4.74 Å². The van der Waals surface area contributed by atoms with Gasteiger partial charge in [0.05, 0.1) is 6.10 Å². The van der Waals surface area contributed by atoms with Crippen LogP contribution in [0.2, 0.25) is 0 Å². The minimum absolute atomic E-state index is 0.000701. The van der Waals surface area contributed by atoms with Gasteiger partial charge in [-0.05, 0) is 44.1 Å². The largest absolute Gasteiger partial charge is 0.363 e. The Morgan fingerprint density at radius 1 is 1.53 bits per heavy atom. The van der Waals surface area contributed by atoms with Crippen molar-refractivity contribution in [1.82, 2.24) is 0 Å². The highest BCUT2D eigenvalue weighted by Crippen LogP contribution is 2.35. The van der Waals surface area contributed by atoms with E-state index in [1.54, 1.807) is 19.1 Å². The first-order valence-corrected chi connectivity index (χ1v) is 5.19. The summed E-state index contributed by atoms with van der Waals surface area (Å²) in [5, 5.41) is 0. The van der Waals surface area contributed by atoms with Gasteiger partial charge in [-0.15, -0.1) is 0 Å². The van der Waals surface area contributed by atoms with Crippen LogP contribution < -0.4 is 0 Å². The van der Waals surface area contributed by atoms with Crippen molar-refractivity contribution in [3.63, 3.8) is 0 Å². The lowest BCUT2D eigenvalue weighted by Crippen LogP contribution is -2.27. The predicted octanol–water partition coefficient (Wildman–Crippen LogP) is 1.58. The van der Waals surface area contributed by atoms with E-state index in [4.69, 9.17) is 4.74 Å². The fourth-order valence-electron chi connectivity index (χ4n) is 2.08. The zero-order valence-electron chi connectivity index (χ0n) is 8.73. The Bertz CT molecular complexity index is 336. The molecule has 2 aliphatic rings. The highest BCUT2D eigenvalue weighted by molar-refractivity contribution is 6.00. The van der Waals surface area contributed by atoms with Gasteiger partial charge in [-0.25, -0.2) is 0 Å². The first-order chi connectivity index (χ1) is 7.10. The molecule has 0 bridgehead atoms. The molecule has 1 heterocycles. The minimum atomic E-state index is -0.423. The minimum Gasteiger partial charge on any atom is -0.363 e. The lowest BCUT2D eigenvalue weighted by atomic mass is 9.94. The monoisotopic (exact) mass is 206 g/mol. The summed E-state index contributed by atoms with van der Waals surface area (Å²) >= 11 is 0. The first-order valence-electron chi connectivity index (χ1n) is 5.19. The molecule has 0 radical (unpaired) electrons. The second-order valence-corrected chi connectivity index (χ2v) is 4.21. The van der Waals surface area contributed by atoms with Gasteiger partial charge in [0.15, 0.2) is 5.78 Å². The number of carbonyl (C=O) groups excluding carboxylic acids is 2. The number of ether oxygens (including phenoxy) is 1. The molecular formula is C12H14O3. The van der Waals surface area contributed by atoms with Gasteiger partial charge in [-0.3, -0.25) is 9.59 Å². The van der Waals surface area contributed by atoms with E-state index in [9.17, 15) is 9.59 Å². The molecule has 0 aromatic heterocycles. The summed E-state index contributed by atoms with van der Waals surface area (Å²) in [5.41, 5.74) is -0.423. The van der Waals surface area contributed by atoms with Crippen LogP contribution in [0.3, 0.4) is 0 Å². The van der Waals surface area contributed by atoms with Gasteiger partial charge in [-0.1, -0.05) is 0 Å². The highest BCUT2D eigenvalue weighted by atomic mass is 16.5. The van der Waals surface area contributed by atoms with Crippen LogP contribution >= 0.6 is 0 Å². The molecule has 1 saturated heterocycles. The van der Waals surface area contributed by atoms with Crippen molar-refractivity contribution in [2.24, 2.45) is 0 Å². The second-order valence-electron chi connectivity index (χ2n) is 4.21. The Morgan fingerprint density at radius 2 is 2.20 bits per heavy atom. The molecule has 0 aromatic carbocycles. The number of ketones is 2. The smallest absolute Gasteiger partial charge is 0.178 e. The van der Waals surface area contributed by atoms with Crippen molar-refractivity contribution in [2.45, 2.75) is 37.9 Å². The summed E-state index contributed by atoms with van der Waals surface area (Å²) in [5.74, 6) is 0.149. The van der Waals surface area contributed by atoms with E-state index < -0.39 is 5.60 Å². The molecule has 15 heavy (non-hydrogen) atoms. The molecule has 0 aromatic rings. The van der Waals surface area contributed by atoms with E-state index in [1.165, 1.54) is 12.2 Å². The zero-order chi connectivity index (χ0) is 10.9. The summed E-state index contributed by atoms with van der Waals surface area (Å²) in [7, 11) is 0. The normalized spacial score (nSPS) is 27.5. The number of hydrogen-bond acceptors (Lipinski definition) is 3. The van der Waals surface area contributed by atoms with Crippen LogP contribution in [0.15, 0.2) is 24.3 Å². The van der Waals surface area contributed by atoms with Crippen molar-refractivity contribution in [2.75, 3.05) is 0 Å². The topological polar surface area (TPSA) is 43.4 Å². The molecule has 1 fully saturated rings. The molecule has 1 aliphatic heterocycles. The van der Waals surface area contributed by atoms with Crippen molar-refractivity contribution in [1.29, 1.82) is 0 Å². The third kappa shape index (κ3) is 2.23. The zero-order valence-corrected chi connectivity index (χ0v) is 8.73. The molecule has 1 aliphatic carbocycles. The van der Waals surface area contributed by atoms with Crippen molar-refractivity contribution in [3.8, 4) is 0 Å². The lowest BCUT2D eigenvalue weighted by Gasteiger charge is -2.23. The van der Waals surface area contributed by atoms with E-state index in [0.717, 1.165) is 12.8 Å². The van der Waals surface area contributed by atoms with E-state index in [2.05, 4.69) is 0 Å². The predicted molar refractivity (Wildman–Crippen MR) is 55.4 cm³/mol. The van der Waals surface area contributed by atoms with Gasteiger partial charge >= 0.3 is 0 Å². The molecule has 1 spiro atoms. The summed E-state index contributed by atoms with van der Waals surface area (Å²) in [6.07, 6.45) is 8.88. The summed E-state index contributed by atoms with van der Waals surface area (Å²) in [6.45, 7) is 1.57. The van der Waals surface area contributed by atoms with Crippen LogP contribution in [0.25, 0.3) is 0 Å². The van der Waals surface area contributed by atoms with Crippen LogP contribution in [0.1, 0.15) is 26.2 Å². The van der Waals surface area contributed by atoms with E-state index in [0.29, 0.717) is 6.42 Å². The molecule has 3 nitrogen and oxygen atoms in total. The van der Waals surface area contributed by atoms with Crippen molar-refractivity contribution < 1.29 is 14.3 Å². The molecule has 1 atom stereocenters. The SMILES string of the molecule is CC(=O)C[C@@H]1CCC2(C=CC(=O)C=C2)O1. The fourth-order valence-corrected chi connectivity index (χ4v) is 2.08. The number of allylic oxidation sites excluding steroid dienone is 2. The number of rotatable bonds is 2. The molecule has 0 saturated carbocycles. The molecule has 0 unspecified atom stereocenters. The van der Waals surface area contributed by atoms with E-state index in [-0.39, 0.29) is 17.7 Å². The molecular weight excluding hydrogens is 192 g/mol. The Labute approximate surface area is 88.8 Å². The number of carbonyl (C=O) groups is 2. The number of Topliss-reactive ketones (excluding diaryl/α,β-unsaturated/α-hetero) is 1. The fraction of sp³-hybridized carbons (Fsp3) is 0.500. The Morgan fingerprint density at radius 3 is 2.80 bits per heavy atom. The maximum absolute atomic E-state index is 11.0.